The third-order valence-corrected chi connectivity index (χ3v) is 3.37. The standard InChI is InChI=1S/C17H12F4N4O/c1-16(2,18)26-11-5-3-10(4-6-11)12-7-8-14-13(9-22)23-15(17(19,20)21)25(14)24-12/h3-8H,1-2H3. The number of ether oxygens (including phenoxy) is 1. The molecule has 134 valence electrons. The molecule has 0 bridgehead atoms. The van der Waals surface area contributed by atoms with Gasteiger partial charge >= 0.3 is 6.18 Å². The zero-order valence-corrected chi connectivity index (χ0v) is 13.7. The van der Waals surface area contributed by atoms with Gasteiger partial charge in [0, 0.05) is 19.4 Å². The van der Waals surface area contributed by atoms with E-state index < -0.39 is 17.9 Å². The average Bonchev–Trinajstić information content (AvgIpc) is 2.92. The van der Waals surface area contributed by atoms with Crippen molar-refractivity contribution in [3.63, 3.8) is 0 Å². The van der Waals surface area contributed by atoms with Crippen LogP contribution in [0.5, 0.6) is 5.75 Å². The number of fused-ring (bicyclic) bond motifs is 1. The molecule has 2 aromatic heterocycles. The number of hydrogen-bond donors (Lipinski definition) is 0. The van der Waals surface area contributed by atoms with Crippen LogP contribution in [-0.2, 0) is 6.18 Å². The highest BCUT2D eigenvalue weighted by molar-refractivity contribution is 5.65. The number of rotatable bonds is 3. The number of hydrogen-bond acceptors (Lipinski definition) is 4. The second-order valence-electron chi connectivity index (χ2n) is 5.90. The van der Waals surface area contributed by atoms with Crippen molar-refractivity contribution in [1.29, 1.82) is 5.26 Å². The fraction of sp³-hybridized carbons (Fsp3) is 0.235. The van der Waals surface area contributed by atoms with Crippen molar-refractivity contribution in [3.8, 4) is 23.1 Å². The van der Waals surface area contributed by atoms with Crippen molar-refractivity contribution in [2.24, 2.45) is 0 Å². The van der Waals surface area contributed by atoms with Gasteiger partial charge in [0.2, 0.25) is 11.7 Å². The SMILES string of the molecule is CC(C)(F)Oc1ccc(-c2ccc3c(C#N)nc(C(F)(F)F)n3n2)cc1. The van der Waals surface area contributed by atoms with Crippen LogP contribution in [0.25, 0.3) is 16.8 Å². The van der Waals surface area contributed by atoms with Gasteiger partial charge in [-0.05, 0) is 36.4 Å². The quantitative estimate of drug-likeness (QED) is 0.648. The Balaban J connectivity index is 2.05. The summed E-state index contributed by atoms with van der Waals surface area (Å²) in [6, 6.07) is 10.5. The van der Waals surface area contributed by atoms with E-state index in [9.17, 15) is 17.6 Å². The number of aromatic nitrogens is 3. The Morgan fingerprint density at radius 2 is 1.69 bits per heavy atom. The number of halogens is 4. The molecule has 3 aromatic rings. The smallest absolute Gasteiger partial charge is 0.451 e. The molecule has 1 aromatic carbocycles. The zero-order chi connectivity index (χ0) is 19.1. The van der Waals surface area contributed by atoms with E-state index in [1.165, 1.54) is 38.1 Å². The zero-order valence-electron chi connectivity index (χ0n) is 13.7. The first-order valence-electron chi connectivity index (χ1n) is 7.44. The van der Waals surface area contributed by atoms with Gasteiger partial charge in [-0.1, -0.05) is 0 Å². The molecule has 0 unspecified atom stereocenters. The lowest BCUT2D eigenvalue weighted by Crippen LogP contribution is -2.20. The van der Waals surface area contributed by atoms with Crippen LogP contribution in [0.4, 0.5) is 17.6 Å². The second-order valence-corrected chi connectivity index (χ2v) is 5.90. The van der Waals surface area contributed by atoms with Crippen molar-refractivity contribution < 1.29 is 22.3 Å². The van der Waals surface area contributed by atoms with Crippen molar-refractivity contribution in [2.75, 3.05) is 0 Å². The van der Waals surface area contributed by atoms with Gasteiger partial charge in [-0.3, -0.25) is 0 Å². The van der Waals surface area contributed by atoms with Crippen LogP contribution in [-0.4, -0.2) is 20.5 Å². The van der Waals surface area contributed by atoms with Gasteiger partial charge in [0.1, 0.15) is 17.3 Å². The molecule has 0 atom stereocenters. The lowest BCUT2D eigenvalue weighted by molar-refractivity contribution is -0.146. The monoisotopic (exact) mass is 364 g/mol. The summed E-state index contributed by atoms with van der Waals surface area (Å²) < 4.78 is 58.5. The summed E-state index contributed by atoms with van der Waals surface area (Å²) in [7, 11) is 0. The number of nitrogens with zero attached hydrogens (tertiary/aromatic N) is 4. The minimum absolute atomic E-state index is 0.0392. The normalized spacial score (nSPS) is 12.2. The molecule has 0 fully saturated rings. The van der Waals surface area contributed by atoms with Crippen molar-refractivity contribution >= 4 is 5.52 Å². The molecule has 0 aliphatic heterocycles. The highest BCUT2D eigenvalue weighted by atomic mass is 19.4. The van der Waals surface area contributed by atoms with Gasteiger partial charge in [0.25, 0.3) is 0 Å². The topological polar surface area (TPSA) is 63.2 Å². The molecule has 26 heavy (non-hydrogen) atoms. The molecule has 5 nitrogen and oxygen atoms in total. The van der Waals surface area contributed by atoms with E-state index in [0.29, 0.717) is 10.1 Å². The van der Waals surface area contributed by atoms with Crippen LogP contribution in [0.15, 0.2) is 36.4 Å². The molecule has 3 rings (SSSR count). The van der Waals surface area contributed by atoms with E-state index in [0.717, 1.165) is 0 Å². The van der Waals surface area contributed by atoms with E-state index in [1.54, 1.807) is 18.2 Å². The summed E-state index contributed by atoms with van der Waals surface area (Å²) in [5.74, 6) is -2.86. The van der Waals surface area contributed by atoms with Gasteiger partial charge < -0.3 is 4.74 Å². The first kappa shape index (κ1) is 17.7. The molecule has 0 saturated heterocycles. The third-order valence-electron chi connectivity index (χ3n) is 3.37. The maximum absolute atomic E-state index is 13.5. The molecule has 0 aliphatic carbocycles. The van der Waals surface area contributed by atoms with Gasteiger partial charge in [-0.2, -0.15) is 27.9 Å². The Morgan fingerprint density at radius 1 is 1.04 bits per heavy atom. The van der Waals surface area contributed by atoms with Gasteiger partial charge in [0.15, 0.2) is 5.69 Å². The predicted octanol–water partition coefficient (Wildman–Crippen LogP) is 4.37. The Hall–Kier alpha value is -3.15. The lowest BCUT2D eigenvalue weighted by Gasteiger charge is -2.17. The first-order valence-corrected chi connectivity index (χ1v) is 7.44. The predicted molar refractivity (Wildman–Crippen MR) is 84.0 cm³/mol. The highest BCUT2D eigenvalue weighted by Gasteiger charge is 2.38. The summed E-state index contributed by atoms with van der Waals surface area (Å²) >= 11 is 0. The second kappa shape index (κ2) is 5.98. The molecular weight excluding hydrogens is 352 g/mol. The van der Waals surface area contributed by atoms with Gasteiger partial charge in [-0.15, -0.1) is 0 Å². The molecular formula is C17H12F4N4O. The molecule has 0 N–H and O–H groups in total. The molecule has 0 radical (unpaired) electrons. The molecule has 2 heterocycles. The van der Waals surface area contributed by atoms with Crippen LogP contribution >= 0.6 is 0 Å². The molecule has 9 heteroatoms. The molecule has 0 amide bonds. The highest BCUT2D eigenvalue weighted by Crippen LogP contribution is 2.31. The van der Waals surface area contributed by atoms with Crippen molar-refractivity contribution in [1.82, 2.24) is 14.6 Å². The summed E-state index contributed by atoms with van der Waals surface area (Å²) in [6.07, 6.45) is -4.76. The van der Waals surface area contributed by atoms with Gasteiger partial charge in [-0.25, -0.2) is 9.50 Å². The van der Waals surface area contributed by atoms with Crippen LogP contribution < -0.4 is 4.74 Å². The van der Waals surface area contributed by atoms with Crippen molar-refractivity contribution in [3.05, 3.63) is 47.9 Å². The number of alkyl halides is 4. The Labute approximate surface area is 145 Å². The lowest BCUT2D eigenvalue weighted by atomic mass is 10.1. The molecule has 0 spiro atoms. The first-order chi connectivity index (χ1) is 12.1. The minimum Gasteiger partial charge on any atom is -0.459 e. The summed E-state index contributed by atoms with van der Waals surface area (Å²) in [4.78, 5) is 3.32. The number of imidazole rings is 1. The fourth-order valence-corrected chi connectivity index (χ4v) is 2.37. The largest absolute Gasteiger partial charge is 0.459 e. The number of nitriles is 1. The van der Waals surface area contributed by atoms with Crippen molar-refractivity contribution in [2.45, 2.75) is 25.9 Å². The fourth-order valence-electron chi connectivity index (χ4n) is 2.37. The van der Waals surface area contributed by atoms with Gasteiger partial charge in [0.05, 0.1) is 5.69 Å². The van der Waals surface area contributed by atoms with E-state index in [4.69, 9.17) is 10.00 Å². The summed E-state index contributed by atoms with van der Waals surface area (Å²) in [6.45, 7) is 2.50. The summed E-state index contributed by atoms with van der Waals surface area (Å²) in [5.41, 5.74) is 0.334. The minimum atomic E-state index is -4.76. The molecule has 0 aliphatic rings. The number of benzene rings is 1. The Bertz CT molecular complexity index is 995. The summed E-state index contributed by atoms with van der Waals surface area (Å²) in [5, 5.41) is 12.9. The van der Waals surface area contributed by atoms with Crippen LogP contribution in [0.3, 0.4) is 0 Å². The van der Waals surface area contributed by atoms with E-state index >= 15 is 0 Å². The Kier molecular flexibility index (Phi) is 4.06. The molecule has 0 saturated carbocycles. The van der Waals surface area contributed by atoms with E-state index in [2.05, 4.69) is 10.1 Å². The van der Waals surface area contributed by atoms with Crippen LogP contribution in [0.2, 0.25) is 0 Å². The maximum Gasteiger partial charge on any atom is 0.451 e. The van der Waals surface area contributed by atoms with E-state index in [-0.39, 0.29) is 22.7 Å². The van der Waals surface area contributed by atoms with E-state index in [1.807, 2.05) is 0 Å². The maximum atomic E-state index is 13.5. The van der Waals surface area contributed by atoms with Crippen LogP contribution in [0.1, 0.15) is 25.4 Å². The average molecular weight is 364 g/mol. The van der Waals surface area contributed by atoms with Crippen LogP contribution in [0, 0.1) is 11.3 Å². The third kappa shape index (κ3) is 3.44. The Morgan fingerprint density at radius 3 is 2.23 bits per heavy atom.